The summed E-state index contributed by atoms with van der Waals surface area (Å²) in [6.45, 7) is 4.01. The molecule has 2 heterocycles. The fourth-order valence-corrected chi connectivity index (χ4v) is 3.64. The van der Waals surface area contributed by atoms with Crippen molar-refractivity contribution in [3.63, 3.8) is 0 Å². The van der Waals surface area contributed by atoms with Crippen molar-refractivity contribution in [3.8, 4) is 0 Å². The molecule has 0 fully saturated rings. The molecule has 124 valence electrons. The van der Waals surface area contributed by atoms with Gasteiger partial charge in [0.15, 0.2) is 4.96 Å². The van der Waals surface area contributed by atoms with Gasteiger partial charge in [0.25, 0.3) is 11.5 Å². The number of imidazole rings is 1. The largest absolute Gasteiger partial charge is 0.321 e. The van der Waals surface area contributed by atoms with E-state index in [0.717, 1.165) is 22.2 Å². The molecule has 0 radical (unpaired) electrons. The van der Waals surface area contributed by atoms with E-state index in [1.54, 1.807) is 0 Å². The van der Waals surface area contributed by atoms with Crippen molar-refractivity contribution in [3.05, 3.63) is 74.9 Å². The number of hydrogen-bond acceptors (Lipinski definition) is 4. The number of fused-ring (bicyclic) bond motifs is 3. The van der Waals surface area contributed by atoms with Crippen molar-refractivity contribution < 1.29 is 4.79 Å². The molecule has 5 nitrogen and oxygen atoms in total. The second-order valence-corrected chi connectivity index (χ2v) is 6.93. The molecule has 1 amide bonds. The highest BCUT2D eigenvalue weighted by molar-refractivity contribution is 7.18. The Bertz CT molecular complexity index is 1190. The second kappa shape index (κ2) is 5.82. The minimum absolute atomic E-state index is 0.257. The molecule has 0 bridgehead atoms. The Morgan fingerprint density at radius 2 is 1.88 bits per heavy atom. The SMILES string of the molecule is Cc1ccc(NC(=O)c2cc(=O)n3c(nc4ccccc43)s2)cc1C. The summed E-state index contributed by atoms with van der Waals surface area (Å²) in [6, 6.07) is 14.5. The summed E-state index contributed by atoms with van der Waals surface area (Å²) in [4.78, 5) is 30.3. The van der Waals surface area contributed by atoms with Crippen LogP contribution in [0.1, 0.15) is 20.8 Å². The van der Waals surface area contributed by atoms with E-state index in [9.17, 15) is 9.59 Å². The standard InChI is InChI=1S/C19H15N3O2S/c1-11-7-8-13(9-12(11)2)20-18(24)16-10-17(23)22-15-6-4-3-5-14(15)21-19(22)25-16/h3-10H,1-2H3,(H,20,24). The molecular weight excluding hydrogens is 334 g/mol. The molecule has 0 saturated carbocycles. The van der Waals surface area contributed by atoms with Crippen molar-refractivity contribution in [1.29, 1.82) is 0 Å². The van der Waals surface area contributed by atoms with Gasteiger partial charge in [-0.05, 0) is 49.2 Å². The predicted octanol–water partition coefficient (Wildman–Crippen LogP) is 3.78. The van der Waals surface area contributed by atoms with Crippen LogP contribution >= 0.6 is 11.3 Å². The molecule has 25 heavy (non-hydrogen) atoms. The first-order valence-electron chi connectivity index (χ1n) is 7.83. The number of nitrogens with one attached hydrogen (secondary N) is 1. The number of carbonyl (C=O) groups is 1. The van der Waals surface area contributed by atoms with Crippen LogP contribution in [0.25, 0.3) is 16.0 Å². The van der Waals surface area contributed by atoms with E-state index in [4.69, 9.17) is 0 Å². The lowest BCUT2D eigenvalue weighted by Crippen LogP contribution is -2.17. The number of aromatic nitrogens is 2. The van der Waals surface area contributed by atoms with Gasteiger partial charge in [-0.15, -0.1) is 0 Å². The zero-order valence-corrected chi connectivity index (χ0v) is 14.6. The van der Waals surface area contributed by atoms with Gasteiger partial charge >= 0.3 is 0 Å². The maximum Gasteiger partial charge on any atom is 0.266 e. The highest BCUT2D eigenvalue weighted by Crippen LogP contribution is 2.21. The second-order valence-electron chi connectivity index (χ2n) is 5.92. The fourth-order valence-electron chi connectivity index (χ4n) is 2.71. The van der Waals surface area contributed by atoms with Crippen molar-refractivity contribution in [2.45, 2.75) is 13.8 Å². The van der Waals surface area contributed by atoms with Crippen LogP contribution in [-0.4, -0.2) is 15.3 Å². The Balaban J connectivity index is 1.75. The third-order valence-corrected chi connectivity index (χ3v) is 5.17. The Kier molecular flexibility index (Phi) is 3.62. The van der Waals surface area contributed by atoms with Crippen LogP contribution in [-0.2, 0) is 0 Å². The van der Waals surface area contributed by atoms with Crippen molar-refractivity contribution in [2.75, 3.05) is 5.32 Å². The number of amides is 1. The number of hydrogen-bond donors (Lipinski definition) is 1. The van der Waals surface area contributed by atoms with E-state index in [-0.39, 0.29) is 11.5 Å². The highest BCUT2D eigenvalue weighted by Gasteiger charge is 2.14. The predicted molar refractivity (Wildman–Crippen MR) is 101 cm³/mol. The number of nitrogens with zero attached hydrogens (tertiary/aromatic N) is 2. The van der Waals surface area contributed by atoms with Gasteiger partial charge < -0.3 is 5.32 Å². The van der Waals surface area contributed by atoms with Crippen LogP contribution in [0.2, 0.25) is 0 Å². The molecule has 0 aliphatic carbocycles. The summed E-state index contributed by atoms with van der Waals surface area (Å²) < 4.78 is 1.53. The topological polar surface area (TPSA) is 63.5 Å². The number of para-hydroxylation sites is 2. The number of rotatable bonds is 2. The van der Waals surface area contributed by atoms with Gasteiger partial charge in [0.2, 0.25) is 0 Å². The smallest absolute Gasteiger partial charge is 0.266 e. The third-order valence-electron chi connectivity index (χ3n) is 4.19. The molecule has 2 aromatic carbocycles. The molecule has 0 unspecified atom stereocenters. The maximum atomic E-state index is 12.5. The van der Waals surface area contributed by atoms with Gasteiger partial charge in [-0.25, -0.2) is 4.98 Å². The fraction of sp³-hybridized carbons (Fsp3) is 0.105. The Hall–Kier alpha value is -2.99. The Morgan fingerprint density at radius 3 is 2.68 bits per heavy atom. The van der Waals surface area contributed by atoms with E-state index in [0.29, 0.717) is 15.5 Å². The van der Waals surface area contributed by atoms with Crippen LogP contribution in [0.15, 0.2) is 53.3 Å². The lowest BCUT2D eigenvalue weighted by atomic mass is 10.1. The first-order chi connectivity index (χ1) is 12.0. The minimum atomic E-state index is -0.306. The molecule has 2 aromatic heterocycles. The van der Waals surface area contributed by atoms with Crippen molar-refractivity contribution in [1.82, 2.24) is 9.38 Å². The summed E-state index contributed by atoms with van der Waals surface area (Å²) in [5.74, 6) is -0.306. The molecule has 6 heteroatoms. The molecule has 0 aliphatic heterocycles. The zero-order chi connectivity index (χ0) is 17.6. The van der Waals surface area contributed by atoms with Gasteiger partial charge in [0, 0.05) is 11.8 Å². The third kappa shape index (κ3) is 2.70. The van der Waals surface area contributed by atoms with Crippen molar-refractivity contribution in [2.24, 2.45) is 0 Å². The Labute approximate surface area is 147 Å². The molecule has 1 N–H and O–H groups in total. The van der Waals surface area contributed by atoms with E-state index in [2.05, 4.69) is 10.3 Å². The lowest BCUT2D eigenvalue weighted by Gasteiger charge is -2.07. The molecule has 0 aliphatic rings. The van der Waals surface area contributed by atoms with Crippen LogP contribution in [0, 0.1) is 13.8 Å². The maximum absolute atomic E-state index is 12.5. The molecule has 4 rings (SSSR count). The monoisotopic (exact) mass is 349 g/mol. The molecule has 0 atom stereocenters. The van der Waals surface area contributed by atoms with Gasteiger partial charge in [-0.3, -0.25) is 14.0 Å². The summed E-state index contributed by atoms with van der Waals surface area (Å²) in [5, 5.41) is 2.85. The molecule has 4 aromatic rings. The van der Waals surface area contributed by atoms with Crippen molar-refractivity contribution >= 4 is 38.9 Å². The number of carbonyl (C=O) groups excluding carboxylic acids is 1. The quantitative estimate of drug-likeness (QED) is 0.599. The van der Waals surface area contributed by atoms with E-state index in [1.807, 2.05) is 56.3 Å². The van der Waals surface area contributed by atoms with Crippen LogP contribution < -0.4 is 10.9 Å². The number of aryl methyl sites for hydroxylation is 2. The van der Waals surface area contributed by atoms with E-state index < -0.39 is 0 Å². The normalized spacial score (nSPS) is 11.1. The first-order valence-corrected chi connectivity index (χ1v) is 8.64. The summed E-state index contributed by atoms with van der Waals surface area (Å²) in [7, 11) is 0. The summed E-state index contributed by atoms with van der Waals surface area (Å²) >= 11 is 1.20. The van der Waals surface area contributed by atoms with Gasteiger partial charge in [-0.2, -0.15) is 0 Å². The average Bonchev–Trinajstić information content (AvgIpc) is 2.97. The van der Waals surface area contributed by atoms with Gasteiger partial charge in [-0.1, -0.05) is 29.5 Å². The van der Waals surface area contributed by atoms with Crippen LogP contribution in [0.4, 0.5) is 5.69 Å². The molecule has 0 spiro atoms. The van der Waals surface area contributed by atoms with Crippen LogP contribution in [0.5, 0.6) is 0 Å². The van der Waals surface area contributed by atoms with E-state index >= 15 is 0 Å². The number of anilines is 1. The Morgan fingerprint density at radius 1 is 1.08 bits per heavy atom. The number of benzene rings is 2. The highest BCUT2D eigenvalue weighted by atomic mass is 32.1. The van der Waals surface area contributed by atoms with Gasteiger partial charge in [0.05, 0.1) is 11.0 Å². The molecule has 0 saturated heterocycles. The average molecular weight is 349 g/mol. The lowest BCUT2D eigenvalue weighted by molar-refractivity contribution is 0.103. The van der Waals surface area contributed by atoms with E-state index in [1.165, 1.54) is 21.8 Å². The molecular formula is C19H15N3O2S. The summed E-state index contributed by atoms with van der Waals surface area (Å²) in [5.41, 5.74) is 4.20. The zero-order valence-electron chi connectivity index (χ0n) is 13.7. The minimum Gasteiger partial charge on any atom is -0.321 e. The van der Waals surface area contributed by atoms with Crippen LogP contribution in [0.3, 0.4) is 0 Å². The summed E-state index contributed by atoms with van der Waals surface area (Å²) in [6.07, 6.45) is 0. The first kappa shape index (κ1) is 15.5. The van der Waals surface area contributed by atoms with Gasteiger partial charge in [0.1, 0.15) is 4.88 Å².